The number of para-hydroxylation sites is 2. The zero-order chi connectivity index (χ0) is 64.1. The average molecular weight is 1240 g/mol. The molecule has 14 aromatic rings. The Morgan fingerprint density at radius 2 is 0.604 bits per heavy atom. The topological polar surface area (TPSA) is 122 Å². The number of anilines is 6. The van der Waals surface area contributed by atoms with E-state index in [0.717, 1.165) is 122 Å². The van der Waals surface area contributed by atoms with Gasteiger partial charge in [-0.1, -0.05) is 206 Å². The van der Waals surface area contributed by atoms with Gasteiger partial charge in [-0.3, -0.25) is 0 Å². The average Bonchev–Trinajstić information content (AvgIpc) is 1.46. The van der Waals surface area contributed by atoms with Crippen molar-refractivity contribution in [2.75, 3.05) is 9.80 Å². The summed E-state index contributed by atoms with van der Waals surface area (Å²) >= 11 is 0. The minimum atomic E-state index is -0.469. The van der Waals surface area contributed by atoms with Crippen LogP contribution in [0.3, 0.4) is 0 Å². The van der Waals surface area contributed by atoms with Crippen LogP contribution in [0.4, 0.5) is 34.1 Å². The van der Waals surface area contributed by atoms with Crippen molar-refractivity contribution in [1.82, 2.24) is 8.96 Å². The van der Waals surface area contributed by atoms with Gasteiger partial charge in [0, 0.05) is 67.1 Å². The molecule has 0 saturated carbocycles. The van der Waals surface area contributed by atoms with E-state index >= 15 is 0 Å². The van der Waals surface area contributed by atoms with Gasteiger partial charge in [-0.2, -0.15) is 0 Å². The number of esters is 4. The summed E-state index contributed by atoms with van der Waals surface area (Å²) in [6.45, 7) is -0.435. The maximum atomic E-state index is 14.5. The second-order valence-corrected chi connectivity index (χ2v) is 24.7. The van der Waals surface area contributed by atoms with Gasteiger partial charge in [0.2, 0.25) is 0 Å². The first-order valence-corrected chi connectivity index (χ1v) is 32.1. The lowest BCUT2D eigenvalue weighted by Gasteiger charge is -2.40. The van der Waals surface area contributed by atoms with E-state index in [1.54, 1.807) is 12.1 Å². The predicted molar refractivity (Wildman–Crippen MR) is 378 cm³/mol. The number of fused-ring (bicyclic) bond motifs is 13. The van der Waals surface area contributed by atoms with E-state index < -0.39 is 37.6 Å². The van der Waals surface area contributed by atoms with E-state index in [0.29, 0.717) is 33.6 Å². The van der Waals surface area contributed by atoms with Crippen molar-refractivity contribution < 1.29 is 38.1 Å². The Labute approximate surface area is 552 Å². The SMILES string of the molecule is O=C(OCc1ccccc1)c1cccc(N2c3cc(C(=O)OCc4ccccc4)ccc3B3c4c(cccc42)-c2cccc4c2n3c2c3cccc5c3n(c42)B2c3ccc(C(=O)OCc4ccccc4)cc3N(c3cccc(C(=O)OCc4ccccc4)c3)c3cccc-5c32)c1. The summed E-state index contributed by atoms with van der Waals surface area (Å²) < 4.78 is 29.1. The van der Waals surface area contributed by atoms with E-state index in [4.69, 9.17) is 18.9 Å². The Hall–Kier alpha value is -12.4. The fraction of sp³-hybridized carbons (Fsp3) is 0.0488. The Morgan fingerprint density at radius 1 is 0.281 bits per heavy atom. The fourth-order valence-electron chi connectivity index (χ4n) is 15.1. The highest BCUT2D eigenvalue weighted by molar-refractivity contribution is 6.92. The predicted octanol–water partition coefficient (Wildman–Crippen LogP) is 15.0. The van der Waals surface area contributed by atoms with Gasteiger partial charge in [-0.15, -0.1) is 0 Å². The Bertz CT molecular complexity index is 5220. The molecule has 0 unspecified atom stereocenters. The second-order valence-electron chi connectivity index (χ2n) is 24.7. The molecule has 0 amide bonds. The highest BCUT2D eigenvalue weighted by atomic mass is 16.5. The van der Waals surface area contributed by atoms with Crippen molar-refractivity contribution in [2.24, 2.45) is 0 Å². The molecule has 0 bridgehead atoms. The van der Waals surface area contributed by atoms with Gasteiger partial charge in [-0.05, 0) is 128 Å². The van der Waals surface area contributed by atoms with E-state index in [-0.39, 0.29) is 26.4 Å². The third-order valence-electron chi connectivity index (χ3n) is 19.2. The number of aromatic nitrogens is 2. The summed E-state index contributed by atoms with van der Waals surface area (Å²) in [5.74, 6) is -1.86. The molecule has 4 aliphatic rings. The zero-order valence-electron chi connectivity index (χ0n) is 51.6. The van der Waals surface area contributed by atoms with Crippen LogP contribution >= 0.6 is 0 Å². The van der Waals surface area contributed by atoms with Crippen LogP contribution in [0.2, 0.25) is 0 Å². The Morgan fingerprint density at radius 3 is 0.969 bits per heavy atom. The lowest BCUT2D eigenvalue weighted by atomic mass is 9.45. The van der Waals surface area contributed by atoms with Gasteiger partial charge in [0.15, 0.2) is 0 Å². The molecule has 96 heavy (non-hydrogen) atoms. The summed E-state index contributed by atoms with van der Waals surface area (Å²) in [6.07, 6.45) is 0. The second kappa shape index (κ2) is 22.7. The molecular formula is C82H54B2N4O8. The molecule has 12 nitrogen and oxygen atoms in total. The van der Waals surface area contributed by atoms with E-state index in [2.05, 4.69) is 104 Å². The number of carbonyl (C=O) groups excluding carboxylic acids is 4. The van der Waals surface area contributed by atoms with Crippen molar-refractivity contribution in [3.05, 3.63) is 324 Å². The number of nitrogens with zero attached hydrogens (tertiary/aromatic N) is 4. The molecule has 0 atom stereocenters. The molecule has 456 valence electrons. The molecule has 2 aromatic heterocycles. The van der Waals surface area contributed by atoms with Crippen LogP contribution in [-0.4, -0.2) is 46.5 Å². The Balaban J connectivity index is 0.828. The molecule has 18 rings (SSSR count). The van der Waals surface area contributed by atoms with E-state index in [9.17, 15) is 19.2 Å². The number of benzene rings is 12. The van der Waals surface area contributed by atoms with E-state index in [1.165, 1.54) is 0 Å². The van der Waals surface area contributed by atoms with E-state index in [1.807, 2.05) is 182 Å². The van der Waals surface area contributed by atoms with Crippen LogP contribution < -0.4 is 31.7 Å². The lowest BCUT2D eigenvalue weighted by Crippen LogP contribution is -2.56. The van der Waals surface area contributed by atoms with Crippen molar-refractivity contribution >= 4 is 126 Å². The Kier molecular flexibility index (Phi) is 13.3. The number of hydrogen-bond donors (Lipinski definition) is 0. The van der Waals surface area contributed by atoms with Gasteiger partial charge in [0.25, 0.3) is 0 Å². The van der Waals surface area contributed by atoms with Gasteiger partial charge in [-0.25, -0.2) is 19.2 Å². The van der Waals surface area contributed by atoms with Crippen molar-refractivity contribution in [3.8, 4) is 22.3 Å². The first-order chi connectivity index (χ1) is 47.3. The summed E-state index contributed by atoms with van der Waals surface area (Å²) in [5.41, 5.74) is 22.2. The summed E-state index contributed by atoms with van der Waals surface area (Å²) in [7, 11) is 0. The van der Waals surface area contributed by atoms with Crippen LogP contribution in [0.5, 0.6) is 0 Å². The maximum absolute atomic E-state index is 14.5. The highest BCUT2D eigenvalue weighted by Crippen LogP contribution is 2.51. The minimum Gasteiger partial charge on any atom is -0.457 e. The maximum Gasteiger partial charge on any atom is 0.338 e. The molecule has 0 spiro atoms. The molecule has 0 saturated heterocycles. The summed E-state index contributed by atoms with van der Waals surface area (Å²) in [4.78, 5) is 61.5. The molecule has 0 aliphatic carbocycles. The van der Waals surface area contributed by atoms with Crippen LogP contribution in [-0.2, 0) is 45.4 Å². The molecule has 14 heteroatoms. The minimum absolute atomic E-state index is 0.0983. The number of hydrogen-bond acceptors (Lipinski definition) is 10. The van der Waals surface area contributed by atoms with Crippen LogP contribution in [0.15, 0.2) is 279 Å². The standard InChI is InChI=1S/C82H54B2N4O8/c89-79(93-47-51-19-5-1-6-20-51)55-27-13-29-59(43-55)85-69-37-17-31-61-63-33-15-35-65-75(63)87(83(73(61)69)67-41-39-57(45-71(67)85)81(91)95-49-53-23-9-3-10-24-53)77-66-36-16-34-64-62-32-18-38-70-74(62)84(88(76(64)66)78(65)77)68-42-40-58(82(92)96-50-54-25-11-4-12-26-54)46-72(68)86(70)60-30-14-28-56(44-60)80(90)94-48-52-21-7-2-8-22-52/h1-46H,47-50H2. The first kappa shape index (κ1) is 56.4. The number of ether oxygens (including phenoxy) is 4. The highest BCUT2D eigenvalue weighted by Gasteiger charge is 2.48. The molecule has 4 aliphatic heterocycles. The first-order valence-electron chi connectivity index (χ1n) is 32.1. The molecule has 0 N–H and O–H groups in total. The largest absolute Gasteiger partial charge is 0.457 e. The summed E-state index contributed by atoms with van der Waals surface area (Å²) in [5, 5.41) is 2.11. The monoisotopic (exact) mass is 1240 g/mol. The van der Waals surface area contributed by atoms with Gasteiger partial charge in [0.1, 0.15) is 26.4 Å². The molecule has 0 radical (unpaired) electrons. The third kappa shape index (κ3) is 9.08. The number of carbonyl (C=O) groups is 4. The lowest BCUT2D eigenvalue weighted by molar-refractivity contribution is 0.0464. The molecule has 12 aromatic carbocycles. The quantitative estimate of drug-likeness (QED) is 0.0591. The van der Waals surface area contributed by atoms with Crippen LogP contribution in [0.25, 0.3) is 55.1 Å². The third-order valence-corrected chi connectivity index (χ3v) is 19.2. The van der Waals surface area contributed by atoms with Crippen molar-refractivity contribution in [1.29, 1.82) is 0 Å². The normalized spacial score (nSPS) is 12.6. The number of rotatable bonds is 14. The van der Waals surface area contributed by atoms with Gasteiger partial charge in [0.05, 0.1) is 33.3 Å². The molecule has 6 heterocycles. The fourth-order valence-corrected chi connectivity index (χ4v) is 15.1. The zero-order valence-corrected chi connectivity index (χ0v) is 51.6. The van der Waals surface area contributed by atoms with Gasteiger partial charge >= 0.3 is 37.6 Å². The van der Waals surface area contributed by atoms with Crippen LogP contribution in [0.1, 0.15) is 63.7 Å². The summed E-state index contributed by atoms with van der Waals surface area (Å²) in [6, 6.07) is 91.5. The van der Waals surface area contributed by atoms with Gasteiger partial charge < -0.3 is 37.7 Å². The van der Waals surface area contributed by atoms with Crippen molar-refractivity contribution in [3.63, 3.8) is 0 Å². The van der Waals surface area contributed by atoms with Crippen molar-refractivity contribution in [2.45, 2.75) is 26.4 Å². The molecular weight excluding hydrogens is 1190 g/mol. The molecule has 0 fully saturated rings. The van der Waals surface area contributed by atoms with Crippen LogP contribution in [0, 0.1) is 0 Å². The smallest absolute Gasteiger partial charge is 0.338 e.